The maximum atomic E-state index is 5.94. The number of hydrogen-bond acceptors (Lipinski definition) is 4. The van der Waals surface area contributed by atoms with Crippen LogP contribution in [-0.4, -0.2) is 14.9 Å². The van der Waals surface area contributed by atoms with Crippen molar-refractivity contribution in [3.05, 3.63) is 63.9 Å². The lowest BCUT2D eigenvalue weighted by molar-refractivity contribution is 0.306. The molecule has 1 aromatic heterocycles. The molecule has 3 aromatic rings. The van der Waals surface area contributed by atoms with E-state index in [4.69, 9.17) is 34.4 Å². The second-order valence-electron chi connectivity index (χ2n) is 4.67. The van der Waals surface area contributed by atoms with Gasteiger partial charge in [0.25, 0.3) is 0 Å². The molecule has 0 aliphatic heterocycles. The molecule has 7 heteroatoms. The lowest BCUT2D eigenvalue weighted by Gasteiger charge is -2.07. The Labute approximate surface area is 137 Å². The van der Waals surface area contributed by atoms with Crippen molar-refractivity contribution in [3.63, 3.8) is 0 Å². The van der Waals surface area contributed by atoms with Gasteiger partial charge < -0.3 is 10.6 Å². The molecule has 0 spiro atoms. The van der Waals surface area contributed by atoms with Crippen LogP contribution in [0.3, 0.4) is 0 Å². The third-order valence-electron chi connectivity index (χ3n) is 3.11. The number of aromatic nitrogens is 3. The lowest BCUT2D eigenvalue weighted by Crippen LogP contribution is -2.09. The molecule has 22 heavy (non-hydrogen) atoms. The first-order valence-electron chi connectivity index (χ1n) is 6.53. The molecule has 0 unspecified atom stereocenters. The van der Waals surface area contributed by atoms with Crippen LogP contribution in [0.4, 0.5) is 0 Å². The van der Waals surface area contributed by atoms with Gasteiger partial charge in [-0.3, -0.25) is 0 Å². The molecule has 0 saturated carbocycles. The van der Waals surface area contributed by atoms with Crippen LogP contribution in [0.1, 0.15) is 5.56 Å². The van der Waals surface area contributed by atoms with Crippen molar-refractivity contribution in [1.82, 2.24) is 14.9 Å². The summed E-state index contributed by atoms with van der Waals surface area (Å²) in [5, 5.41) is 7.43. The average Bonchev–Trinajstić information content (AvgIpc) is 2.86. The third-order valence-corrected chi connectivity index (χ3v) is 3.63. The maximum absolute atomic E-state index is 5.94. The van der Waals surface area contributed by atoms with Crippen LogP contribution in [0.15, 0.2) is 48.5 Å². The second kappa shape index (κ2) is 6.21. The summed E-state index contributed by atoms with van der Waals surface area (Å²) in [4.78, 5) is 0. The minimum absolute atomic E-state index is 0.372. The Bertz CT molecular complexity index is 841. The number of nitrogens with one attached hydrogen (secondary N) is 1. The topological polar surface area (TPSA) is 68.9 Å². The number of halogens is 1. The van der Waals surface area contributed by atoms with Gasteiger partial charge in [-0.2, -0.15) is 5.10 Å². The molecule has 0 bridgehead atoms. The normalized spacial score (nSPS) is 10.6. The molecular formula is C15H13ClN4OS. The van der Waals surface area contributed by atoms with Crippen LogP contribution in [0.5, 0.6) is 5.75 Å². The van der Waals surface area contributed by atoms with Crippen LogP contribution in [0.25, 0.3) is 11.4 Å². The molecular weight excluding hydrogens is 320 g/mol. The molecule has 0 amide bonds. The fourth-order valence-corrected chi connectivity index (χ4v) is 2.35. The van der Waals surface area contributed by atoms with Gasteiger partial charge in [-0.1, -0.05) is 23.7 Å². The van der Waals surface area contributed by atoms with E-state index in [1.54, 1.807) is 0 Å². The van der Waals surface area contributed by atoms with Crippen molar-refractivity contribution >= 4 is 23.8 Å². The zero-order valence-electron chi connectivity index (χ0n) is 11.5. The number of hydrogen-bond donors (Lipinski definition) is 2. The summed E-state index contributed by atoms with van der Waals surface area (Å²) in [5.41, 5.74) is 1.87. The van der Waals surface area contributed by atoms with Crippen molar-refractivity contribution in [2.75, 3.05) is 5.84 Å². The van der Waals surface area contributed by atoms with E-state index in [0.29, 0.717) is 22.2 Å². The molecule has 0 atom stereocenters. The van der Waals surface area contributed by atoms with Gasteiger partial charge in [0.05, 0.1) is 0 Å². The Morgan fingerprint density at radius 2 is 2.00 bits per heavy atom. The predicted octanol–water partition coefficient (Wildman–Crippen LogP) is 3.55. The van der Waals surface area contributed by atoms with Crippen LogP contribution >= 0.6 is 23.8 Å². The maximum Gasteiger partial charge on any atom is 0.214 e. The Balaban J connectivity index is 1.72. The molecule has 0 radical (unpaired) electrons. The number of H-pyrrole nitrogens is 1. The van der Waals surface area contributed by atoms with E-state index >= 15 is 0 Å². The van der Waals surface area contributed by atoms with Crippen molar-refractivity contribution in [3.8, 4) is 17.1 Å². The SMILES string of the molecule is Nn1c(-c2ccc(OCc3cccc(Cl)c3)cc2)n[nH]c1=S. The minimum atomic E-state index is 0.372. The average molecular weight is 333 g/mol. The van der Waals surface area contributed by atoms with Crippen molar-refractivity contribution in [2.45, 2.75) is 6.61 Å². The minimum Gasteiger partial charge on any atom is -0.489 e. The highest BCUT2D eigenvalue weighted by Crippen LogP contribution is 2.21. The first kappa shape index (κ1) is 14.6. The van der Waals surface area contributed by atoms with E-state index in [9.17, 15) is 0 Å². The highest BCUT2D eigenvalue weighted by molar-refractivity contribution is 7.71. The summed E-state index contributed by atoms with van der Waals surface area (Å²) in [5.74, 6) is 7.12. The lowest BCUT2D eigenvalue weighted by atomic mass is 10.2. The molecule has 0 fully saturated rings. The molecule has 0 aliphatic rings. The Morgan fingerprint density at radius 1 is 1.23 bits per heavy atom. The number of nitrogen functional groups attached to an aromatic ring is 1. The van der Waals surface area contributed by atoms with E-state index in [2.05, 4.69) is 10.2 Å². The van der Waals surface area contributed by atoms with E-state index in [1.807, 2.05) is 48.5 Å². The zero-order valence-corrected chi connectivity index (χ0v) is 13.1. The van der Waals surface area contributed by atoms with Gasteiger partial charge in [0.2, 0.25) is 4.77 Å². The summed E-state index contributed by atoms with van der Waals surface area (Å²) in [6.45, 7) is 0.454. The largest absolute Gasteiger partial charge is 0.489 e. The van der Waals surface area contributed by atoms with E-state index in [0.717, 1.165) is 16.9 Å². The van der Waals surface area contributed by atoms with E-state index < -0.39 is 0 Å². The Kier molecular flexibility index (Phi) is 4.13. The van der Waals surface area contributed by atoms with Gasteiger partial charge in [0.15, 0.2) is 5.82 Å². The number of nitrogens with zero attached hydrogens (tertiary/aromatic N) is 2. The van der Waals surface area contributed by atoms with Crippen LogP contribution in [-0.2, 0) is 6.61 Å². The molecule has 1 heterocycles. The molecule has 3 rings (SSSR count). The first-order chi connectivity index (χ1) is 10.6. The van der Waals surface area contributed by atoms with Gasteiger partial charge in [0.1, 0.15) is 12.4 Å². The predicted molar refractivity (Wildman–Crippen MR) is 88.8 cm³/mol. The molecule has 3 N–H and O–H groups in total. The summed E-state index contributed by atoms with van der Waals surface area (Å²) in [7, 11) is 0. The molecule has 5 nitrogen and oxygen atoms in total. The van der Waals surface area contributed by atoms with E-state index in [1.165, 1.54) is 4.68 Å². The van der Waals surface area contributed by atoms with Gasteiger partial charge >= 0.3 is 0 Å². The number of rotatable bonds is 4. The first-order valence-corrected chi connectivity index (χ1v) is 7.32. The summed E-state index contributed by atoms with van der Waals surface area (Å²) >= 11 is 10.9. The summed E-state index contributed by atoms with van der Waals surface area (Å²) in [6, 6.07) is 15.0. The third kappa shape index (κ3) is 3.13. The van der Waals surface area contributed by atoms with Crippen LogP contribution in [0, 0.1) is 4.77 Å². The van der Waals surface area contributed by atoms with Crippen LogP contribution < -0.4 is 10.6 Å². The van der Waals surface area contributed by atoms with Gasteiger partial charge in [-0.15, -0.1) is 0 Å². The Hall–Kier alpha value is -2.31. The number of ether oxygens (including phenoxy) is 1. The van der Waals surface area contributed by atoms with Crippen molar-refractivity contribution in [1.29, 1.82) is 0 Å². The van der Waals surface area contributed by atoms with Gasteiger partial charge in [-0.05, 0) is 54.2 Å². The fraction of sp³-hybridized carbons (Fsp3) is 0.0667. The highest BCUT2D eigenvalue weighted by Gasteiger charge is 2.06. The van der Waals surface area contributed by atoms with Crippen LogP contribution in [0.2, 0.25) is 5.02 Å². The second-order valence-corrected chi connectivity index (χ2v) is 5.49. The van der Waals surface area contributed by atoms with Gasteiger partial charge in [-0.25, -0.2) is 9.77 Å². The number of aromatic amines is 1. The smallest absolute Gasteiger partial charge is 0.214 e. The fourth-order valence-electron chi connectivity index (χ4n) is 2.00. The number of benzene rings is 2. The Morgan fingerprint density at radius 3 is 2.64 bits per heavy atom. The monoisotopic (exact) mass is 332 g/mol. The molecule has 0 saturated heterocycles. The van der Waals surface area contributed by atoms with Gasteiger partial charge in [0, 0.05) is 10.6 Å². The molecule has 112 valence electrons. The molecule has 0 aliphatic carbocycles. The standard InChI is InChI=1S/C15H13ClN4OS/c16-12-3-1-2-10(8-12)9-21-13-6-4-11(5-7-13)14-18-19-15(22)20(14)17/h1-8H,9,17H2,(H,19,22). The summed E-state index contributed by atoms with van der Waals surface area (Å²) < 4.78 is 7.43. The van der Waals surface area contributed by atoms with Crippen molar-refractivity contribution in [2.24, 2.45) is 0 Å². The highest BCUT2D eigenvalue weighted by atomic mass is 35.5. The number of nitrogens with two attached hydrogens (primary N) is 1. The van der Waals surface area contributed by atoms with E-state index in [-0.39, 0.29) is 0 Å². The zero-order chi connectivity index (χ0) is 15.5. The quantitative estimate of drug-likeness (QED) is 0.566. The summed E-state index contributed by atoms with van der Waals surface area (Å²) in [6.07, 6.45) is 0. The van der Waals surface area contributed by atoms with Crippen molar-refractivity contribution < 1.29 is 4.74 Å². The molecule has 2 aromatic carbocycles.